The van der Waals surface area contributed by atoms with Crippen LogP contribution in [-0.4, -0.2) is 0 Å². The fraction of sp³-hybridized carbons (Fsp3) is 0.0667. The molecule has 3 aromatic rings. The largest absolute Gasteiger partial charge is 0.456 e. The summed E-state index contributed by atoms with van der Waals surface area (Å²) in [7, 11) is 0. The van der Waals surface area contributed by atoms with E-state index in [2.05, 4.69) is 52.3 Å². The predicted molar refractivity (Wildman–Crippen MR) is 74.3 cm³/mol. The first-order valence-electron chi connectivity index (χ1n) is 5.51. The molecule has 2 heteroatoms. The molecule has 1 aromatic heterocycles. The summed E-state index contributed by atoms with van der Waals surface area (Å²) in [5.41, 5.74) is 3.32. The van der Waals surface area contributed by atoms with Gasteiger partial charge in [0.25, 0.3) is 0 Å². The van der Waals surface area contributed by atoms with Crippen molar-refractivity contribution in [3.8, 4) is 11.3 Å². The Bertz CT molecular complexity index is 604. The molecule has 17 heavy (non-hydrogen) atoms. The van der Waals surface area contributed by atoms with Crippen LogP contribution in [0.1, 0.15) is 5.56 Å². The maximum absolute atomic E-state index is 5.82. The Morgan fingerprint density at radius 2 is 1.71 bits per heavy atom. The van der Waals surface area contributed by atoms with E-state index in [1.54, 1.807) is 0 Å². The molecular weight excluding hydrogens is 276 g/mol. The molecule has 0 spiro atoms. The third-order valence-corrected chi connectivity index (χ3v) is 3.47. The fourth-order valence-electron chi connectivity index (χ4n) is 1.88. The lowest BCUT2D eigenvalue weighted by Gasteiger charge is -1.98. The van der Waals surface area contributed by atoms with Crippen molar-refractivity contribution in [2.24, 2.45) is 0 Å². The number of alkyl halides is 1. The Kier molecular flexibility index (Phi) is 2.73. The molecule has 0 amide bonds. The molecule has 1 heterocycles. The molecule has 0 N–H and O–H groups in total. The van der Waals surface area contributed by atoms with Crippen molar-refractivity contribution < 1.29 is 4.42 Å². The smallest absolute Gasteiger partial charge is 0.135 e. The molecule has 0 saturated heterocycles. The molecule has 0 aliphatic heterocycles. The van der Waals surface area contributed by atoms with Crippen molar-refractivity contribution in [1.82, 2.24) is 0 Å². The Morgan fingerprint density at radius 1 is 0.941 bits per heavy atom. The normalized spacial score (nSPS) is 10.9. The first kappa shape index (κ1) is 10.6. The minimum absolute atomic E-state index is 0.882. The van der Waals surface area contributed by atoms with Crippen LogP contribution in [0.2, 0.25) is 0 Å². The van der Waals surface area contributed by atoms with E-state index < -0.39 is 0 Å². The lowest BCUT2D eigenvalue weighted by atomic mass is 10.1. The van der Waals surface area contributed by atoms with E-state index in [1.165, 1.54) is 5.56 Å². The van der Waals surface area contributed by atoms with Gasteiger partial charge < -0.3 is 4.42 Å². The maximum Gasteiger partial charge on any atom is 0.135 e. The van der Waals surface area contributed by atoms with E-state index >= 15 is 0 Å². The minimum atomic E-state index is 0.882. The molecule has 0 fully saturated rings. The number of para-hydroxylation sites is 1. The number of hydrogen-bond acceptors (Lipinski definition) is 1. The van der Waals surface area contributed by atoms with Gasteiger partial charge in [-0.15, -0.1) is 0 Å². The van der Waals surface area contributed by atoms with Crippen LogP contribution in [0.25, 0.3) is 22.3 Å². The van der Waals surface area contributed by atoms with Crippen LogP contribution in [-0.2, 0) is 5.33 Å². The summed E-state index contributed by atoms with van der Waals surface area (Å²) in [5.74, 6) is 0.923. The Labute approximate surface area is 108 Å². The van der Waals surface area contributed by atoms with Gasteiger partial charge in [0, 0.05) is 16.3 Å². The van der Waals surface area contributed by atoms with Crippen molar-refractivity contribution in [1.29, 1.82) is 0 Å². The summed E-state index contributed by atoms with van der Waals surface area (Å²) in [6, 6.07) is 18.6. The van der Waals surface area contributed by atoms with Gasteiger partial charge in [0.15, 0.2) is 0 Å². The third kappa shape index (κ3) is 2.01. The zero-order valence-corrected chi connectivity index (χ0v) is 10.8. The van der Waals surface area contributed by atoms with Crippen molar-refractivity contribution in [2.75, 3.05) is 0 Å². The van der Waals surface area contributed by atoms with Crippen molar-refractivity contribution in [3.63, 3.8) is 0 Å². The van der Waals surface area contributed by atoms with E-state index in [4.69, 9.17) is 4.42 Å². The van der Waals surface area contributed by atoms with Gasteiger partial charge in [-0.05, 0) is 17.7 Å². The van der Waals surface area contributed by atoms with Crippen molar-refractivity contribution >= 4 is 26.9 Å². The molecule has 0 unspecified atom stereocenters. The summed E-state index contributed by atoms with van der Waals surface area (Å²) < 4.78 is 5.82. The summed E-state index contributed by atoms with van der Waals surface area (Å²) in [4.78, 5) is 0. The van der Waals surface area contributed by atoms with E-state index in [1.807, 2.05) is 18.2 Å². The molecule has 0 saturated carbocycles. The molecule has 0 aliphatic rings. The van der Waals surface area contributed by atoms with Crippen LogP contribution < -0.4 is 0 Å². The molecular formula is C15H11BrO. The van der Waals surface area contributed by atoms with Crippen LogP contribution in [0, 0.1) is 0 Å². The summed E-state index contributed by atoms with van der Waals surface area (Å²) in [6.07, 6.45) is 0. The zero-order chi connectivity index (χ0) is 11.7. The minimum Gasteiger partial charge on any atom is -0.456 e. The maximum atomic E-state index is 5.82. The Morgan fingerprint density at radius 3 is 2.41 bits per heavy atom. The van der Waals surface area contributed by atoms with Crippen molar-refractivity contribution in [3.05, 3.63) is 60.2 Å². The van der Waals surface area contributed by atoms with Gasteiger partial charge >= 0.3 is 0 Å². The van der Waals surface area contributed by atoms with E-state index in [0.29, 0.717) is 0 Å². The quantitative estimate of drug-likeness (QED) is 0.605. The lowest BCUT2D eigenvalue weighted by molar-refractivity contribution is 0.631. The highest BCUT2D eigenvalue weighted by Gasteiger charge is 2.05. The first-order chi connectivity index (χ1) is 8.36. The number of benzene rings is 2. The van der Waals surface area contributed by atoms with Crippen LogP contribution in [0.15, 0.2) is 59.0 Å². The molecule has 0 aliphatic carbocycles. The Balaban J connectivity index is 2.07. The van der Waals surface area contributed by atoms with Gasteiger partial charge in [-0.25, -0.2) is 0 Å². The topological polar surface area (TPSA) is 13.1 Å². The zero-order valence-electron chi connectivity index (χ0n) is 9.19. The lowest BCUT2D eigenvalue weighted by Crippen LogP contribution is -1.77. The second-order valence-corrected chi connectivity index (χ2v) is 4.54. The van der Waals surface area contributed by atoms with Gasteiger partial charge in [0.2, 0.25) is 0 Å². The van der Waals surface area contributed by atoms with Gasteiger partial charge in [0.1, 0.15) is 11.3 Å². The van der Waals surface area contributed by atoms with Crippen LogP contribution in [0.3, 0.4) is 0 Å². The SMILES string of the molecule is BrCc1ccc(-c2cc3ccccc3o2)cc1. The molecule has 2 aromatic carbocycles. The number of rotatable bonds is 2. The third-order valence-electron chi connectivity index (χ3n) is 2.82. The summed E-state index contributed by atoms with van der Waals surface area (Å²) in [5, 5.41) is 2.03. The van der Waals surface area contributed by atoms with Gasteiger partial charge in [0.05, 0.1) is 0 Å². The molecule has 0 atom stereocenters. The molecule has 1 nitrogen and oxygen atoms in total. The van der Waals surface area contributed by atoms with Gasteiger partial charge in [-0.3, -0.25) is 0 Å². The Hall–Kier alpha value is -1.54. The van der Waals surface area contributed by atoms with E-state index in [9.17, 15) is 0 Å². The molecule has 0 radical (unpaired) electrons. The summed E-state index contributed by atoms with van der Waals surface area (Å²) >= 11 is 3.44. The first-order valence-corrected chi connectivity index (χ1v) is 6.63. The highest BCUT2D eigenvalue weighted by atomic mass is 79.9. The molecule has 3 rings (SSSR count). The monoisotopic (exact) mass is 286 g/mol. The van der Waals surface area contributed by atoms with Crippen LogP contribution in [0.4, 0.5) is 0 Å². The number of fused-ring (bicyclic) bond motifs is 1. The number of hydrogen-bond donors (Lipinski definition) is 0. The van der Waals surface area contributed by atoms with Gasteiger partial charge in [-0.1, -0.05) is 58.4 Å². The summed E-state index contributed by atoms with van der Waals surface area (Å²) in [6.45, 7) is 0. The highest BCUT2D eigenvalue weighted by molar-refractivity contribution is 9.08. The number of halogens is 1. The fourth-order valence-corrected chi connectivity index (χ4v) is 2.26. The van der Waals surface area contributed by atoms with Crippen molar-refractivity contribution in [2.45, 2.75) is 5.33 Å². The van der Waals surface area contributed by atoms with Crippen LogP contribution >= 0.6 is 15.9 Å². The second-order valence-electron chi connectivity index (χ2n) is 3.98. The highest BCUT2D eigenvalue weighted by Crippen LogP contribution is 2.27. The van der Waals surface area contributed by atoms with Crippen LogP contribution in [0.5, 0.6) is 0 Å². The molecule has 84 valence electrons. The molecule has 0 bridgehead atoms. The standard InChI is InChI=1S/C15H11BrO/c16-10-11-5-7-12(8-6-11)15-9-13-3-1-2-4-14(13)17-15/h1-9H,10H2. The predicted octanol–water partition coefficient (Wildman–Crippen LogP) is 4.99. The average Bonchev–Trinajstić information content (AvgIpc) is 2.82. The second kappa shape index (κ2) is 4.38. The average molecular weight is 287 g/mol. The number of furan rings is 1. The van der Waals surface area contributed by atoms with E-state index in [-0.39, 0.29) is 0 Å². The van der Waals surface area contributed by atoms with E-state index in [0.717, 1.165) is 27.6 Å². The van der Waals surface area contributed by atoms with Gasteiger partial charge in [-0.2, -0.15) is 0 Å².